The Morgan fingerprint density at radius 3 is 2.63 bits per heavy atom. The van der Waals surface area contributed by atoms with E-state index in [2.05, 4.69) is 35.7 Å². The lowest BCUT2D eigenvalue weighted by atomic mass is 10.1. The van der Waals surface area contributed by atoms with E-state index in [1.54, 1.807) is 19.9 Å². The first-order valence-electron chi connectivity index (χ1n) is 12.2. The Hall–Kier alpha value is -4.86. The van der Waals surface area contributed by atoms with Crippen LogP contribution in [0.5, 0.6) is 0 Å². The number of carbonyl (C=O) groups is 2. The molecule has 0 aliphatic heterocycles. The number of aldehydes is 1. The molecule has 0 fully saturated rings. The van der Waals surface area contributed by atoms with Crippen LogP contribution in [0, 0.1) is 13.8 Å². The summed E-state index contributed by atoms with van der Waals surface area (Å²) in [6.07, 6.45) is -0.355. The highest BCUT2D eigenvalue weighted by Gasteiger charge is 2.33. The summed E-state index contributed by atoms with van der Waals surface area (Å²) >= 11 is 0. The van der Waals surface area contributed by atoms with Gasteiger partial charge in [0.15, 0.2) is 12.1 Å². The van der Waals surface area contributed by atoms with Gasteiger partial charge in [-0.15, -0.1) is 0 Å². The number of aromatic nitrogens is 6. The van der Waals surface area contributed by atoms with Gasteiger partial charge in [0.2, 0.25) is 0 Å². The largest absolute Gasteiger partial charge is 0.418 e. The molecule has 16 heteroatoms. The highest BCUT2D eigenvalue weighted by molar-refractivity contribution is 5.95. The van der Waals surface area contributed by atoms with Crippen LogP contribution >= 0.6 is 0 Å². The van der Waals surface area contributed by atoms with Gasteiger partial charge in [0.25, 0.3) is 0 Å². The van der Waals surface area contributed by atoms with Gasteiger partial charge >= 0.3 is 12.2 Å². The zero-order valence-electron chi connectivity index (χ0n) is 22.3. The van der Waals surface area contributed by atoms with E-state index in [4.69, 9.17) is 4.52 Å². The SMILES string of the molecule is Cc1cc(CNC(=O)N(C)c2ncn([C@@H](C)C(O)Nc3cncc(-c4cnc(C)c(C(F)(F)F)c4)n3)c2C=O)no1. The maximum absolute atomic E-state index is 13.3. The predicted octanol–water partition coefficient (Wildman–Crippen LogP) is 3.51. The molecule has 0 aliphatic carbocycles. The molecule has 0 aliphatic rings. The van der Waals surface area contributed by atoms with Gasteiger partial charge in [-0.25, -0.2) is 14.8 Å². The summed E-state index contributed by atoms with van der Waals surface area (Å²) in [6.45, 7) is 4.65. The van der Waals surface area contributed by atoms with Gasteiger partial charge in [0, 0.05) is 30.6 Å². The maximum atomic E-state index is 13.3. The lowest BCUT2D eigenvalue weighted by Crippen LogP contribution is -2.38. The summed E-state index contributed by atoms with van der Waals surface area (Å²) in [5.74, 6) is 0.691. The van der Waals surface area contributed by atoms with E-state index in [1.165, 1.54) is 43.5 Å². The van der Waals surface area contributed by atoms with E-state index in [0.717, 1.165) is 11.0 Å². The lowest BCUT2D eigenvalue weighted by Gasteiger charge is -2.23. The Bertz CT molecular complexity index is 1550. The monoisotopic (exact) mass is 573 g/mol. The number of aliphatic hydroxyl groups is 1. The highest BCUT2D eigenvalue weighted by Crippen LogP contribution is 2.33. The summed E-state index contributed by atoms with van der Waals surface area (Å²) in [5.41, 5.74) is -0.359. The van der Waals surface area contributed by atoms with Crippen molar-refractivity contribution in [2.75, 3.05) is 17.3 Å². The number of carbonyl (C=O) groups excluding carboxylic acids is 2. The van der Waals surface area contributed by atoms with Crippen molar-refractivity contribution < 1.29 is 32.4 Å². The Balaban J connectivity index is 1.48. The fourth-order valence-electron chi connectivity index (χ4n) is 3.90. The third-order valence-corrected chi connectivity index (χ3v) is 6.16. The van der Waals surface area contributed by atoms with Crippen LogP contribution in [0.4, 0.5) is 29.6 Å². The summed E-state index contributed by atoms with van der Waals surface area (Å²) in [4.78, 5) is 42.0. The van der Waals surface area contributed by atoms with Gasteiger partial charge < -0.3 is 24.8 Å². The molecule has 4 heterocycles. The lowest BCUT2D eigenvalue weighted by molar-refractivity contribution is -0.138. The smallest absolute Gasteiger partial charge is 0.372 e. The van der Waals surface area contributed by atoms with Gasteiger partial charge in [-0.3, -0.25) is 19.7 Å². The van der Waals surface area contributed by atoms with E-state index in [1.807, 2.05) is 0 Å². The van der Waals surface area contributed by atoms with Crippen LogP contribution in [0.2, 0.25) is 0 Å². The van der Waals surface area contributed by atoms with Crippen molar-refractivity contribution in [3.63, 3.8) is 0 Å². The number of pyridine rings is 1. The van der Waals surface area contributed by atoms with E-state index in [-0.39, 0.29) is 40.8 Å². The fraction of sp³-hybridized carbons (Fsp3) is 0.320. The van der Waals surface area contributed by atoms with Crippen molar-refractivity contribution in [1.29, 1.82) is 0 Å². The van der Waals surface area contributed by atoms with Crippen molar-refractivity contribution in [2.45, 2.75) is 45.8 Å². The number of anilines is 2. The zero-order valence-corrected chi connectivity index (χ0v) is 22.3. The topological polar surface area (TPSA) is 164 Å². The Morgan fingerprint density at radius 2 is 1.98 bits per heavy atom. The summed E-state index contributed by atoms with van der Waals surface area (Å²) in [6, 6.07) is 1.23. The van der Waals surface area contributed by atoms with E-state index >= 15 is 0 Å². The minimum absolute atomic E-state index is 0.0125. The molecule has 0 spiro atoms. The third-order valence-electron chi connectivity index (χ3n) is 6.16. The number of aliphatic hydroxyl groups excluding tert-OH is 1. The standard InChI is InChI=1S/C25H26F3N9O4/c1-13-5-17(35-41-13)8-31-24(40)36(4)22-20(11-38)37(12-32-22)15(3)23(39)34-21-10-29-9-19(33-21)16-6-18(25(26,27)28)14(2)30-7-16/h5-7,9-12,15,23,39H,8H2,1-4H3,(H,31,40)(H,33,34)/t15-,23?/m0/s1. The maximum Gasteiger partial charge on any atom is 0.418 e. The van der Waals surface area contributed by atoms with E-state index in [0.29, 0.717) is 17.7 Å². The summed E-state index contributed by atoms with van der Waals surface area (Å²) in [7, 11) is 1.42. The number of hydrogen-bond donors (Lipinski definition) is 3. The molecule has 41 heavy (non-hydrogen) atoms. The van der Waals surface area contributed by atoms with Crippen molar-refractivity contribution in [1.82, 2.24) is 35.0 Å². The van der Waals surface area contributed by atoms with Gasteiger partial charge in [0.05, 0.1) is 42.6 Å². The quantitative estimate of drug-likeness (QED) is 0.199. The molecular formula is C25H26F3N9O4. The molecule has 0 aromatic carbocycles. The molecule has 2 atom stereocenters. The van der Waals surface area contributed by atoms with Crippen LogP contribution in [0.3, 0.4) is 0 Å². The minimum Gasteiger partial charge on any atom is -0.372 e. The number of nitrogens with one attached hydrogen (secondary N) is 2. The first-order chi connectivity index (χ1) is 19.4. The first-order valence-corrected chi connectivity index (χ1v) is 12.2. The molecule has 4 rings (SSSR count). The molecule has 0 saturated heterocycles. The van der Waals surface area contributed by atoms with Gasteiger partial charge in [-0.05, 0) is 26.8 Å². The predicted molar refractivity (Wildman–Crippen MR) is 139 cm³/mol. The van der Waals surface area contributed by atoms with Crippen LogP contribution < -0.4 is 15.5 Å². The number of urea groups is 1. The Kier molecular flexibility index (Phi) is 8.32. The molecular weight excluding hydrogens is 547 g/mol. The number of aryl methyl sites for hydroxylation is 2. The summed E-state index contributed by atoms with van der Waals surface area (Å²) < 4.78 is 46.3. The number of imidazole rings is 1. The number of halogens is 3. The van der Waals surface area contributed by atoms with E-state index in [9.17, 15) is 27.9 Å². The van der Waals surface area contributed by atoms with Gasteiger partial charge in [0.1, 0.15) is 29.2 Å². The van der Waals surface area contributed by atoms with Crippen molar-refractivity contribution in [3.8, 4) is 11.3 Å². The minimum atomic E-state index is -4.59. The molecule has 13 nitrogen and oxygen atoms in total. The normalized spacial score (nSPS) is 13.0. The van der Waals surface area contributed by atoms with E-state index < -0.39 is 30.0 Å². The molecule has 3 N–H and O–H groups in total. The zero-order chi connectivity index (χ0) is 29.9. The van der Waals surface area contributed by atoms with Crippen LogP contribution in [0.25, 0.3) is 11.3 Å². The Morgan fingerprint density at radius 1 is 1.22 bits per heavy atom. The third kappa shape index (κ3) is 6.49. The average Bonchev–Trinajstić information content (AvgIpc) is 3.56. The summed E-state index contributed by atoms with van der Waals surface area (Å²) in [5, 5.41) is 20.0. The van der Waals surface area contributed by atoms with Crippen LogP contribution in [-0.4, -0.2) is 60.4 Å². The van der Waals surface area contributed by atoms with Crippen molar-refractivity contribution in [2.24, 2.45) is 0 Å². The number of alkyl halides is 3. The molecule has 0 radical (unpaired) electrons. The fourth-order valence-corrected chi connectivity index (χ4v) is 3.90. The van der Waals surface area contributed by atoms with Gasteiger partial charge in [-0.1, -0.05) is 5.16 Å². The molecule has 2 amide bonds. The molecule has 4 aromatic rings. The second kappa shape index (κ2) is 11.7. The molecule has 216 valence electrons. The van der Waals surface area contributed by atoms with Crippen molar-refractivity contribution in [3.05, 3.63) is 65.5 Å². The average molecular weight is 574 g/mol. The van der Waals surface area contributed by atoms with Crippen molar-refractivity contribution >= 4 is 24.0 Å². The van der Waals surface area contributed by atoms with Crippen LogP contribution in [-0.2, 0) is 12.7 Å². The molecule has 1 unspecified atom stereocenters. The Labute approximate surface area is 231 Å². The second-order valence-corrected chi connectivity index (χ2v) is 9.10. The number of amides is 2. The first kappa shape index (κ1) is 29.1. The molecule has 0 saturated carbocycles. The second-order valence-electron chi connectivity index (χ2n) is 9.10. The van der Waals surface area contributed by atoms with Crippen LogP contribution in [0.15, 0.2) is 41.6 Å². The number of rotatable bonds is 9. The molecule has 0 bridgehead atoms. The highest BCUT2D eigenvalue weighted by atomic mass is 19.4. The van der Waals surface area contributed by atoms with Crippen LogP contribution in [0.1, 0.15) is 46.2 Å². The number of hydrogen-bond acceptors (Lipinski definition) is 10. The molecule has 4 aromatic heterocycles. The van der Waals surface area contributed by atoms with Gasteiger partial charge in [-0.2, -0.15) is 13.2 Å². The number of nitrogens with zero attached hydrogens (tertiary/aromatic N) is 7.